The minimum atomic E-state index is -0.955. The SMILES string of the molecule is CC(C)(C)OC(=O)NC(Cc1ccccc1)[C@H]1CNC[C@H]1F. The zero-order valence-corrected chi connectivity index (χ0v) is 13.4. The van der Waals surface area contributed by atoms with Crippen LogP contribution >= 0.6 is 0 Å². The maximum absolute atomic E-state index is 14.1. The number of halogens is 1. The number of alkyl halides is 1. The Kier molecular flexibility index (Phi) is 5.40. The van der Waals surface area contributed by atoms with Crippen LogP contribution in [0.1, 0.15) is 26.3 Å². The molecule has 1 aliphatic rings. The van der Waals surface area contributed by atoms with Crippen molar-refractivity contribution in [1.82, 2.24) is 10.6 Å². The third-order valence-electron chi connectivity index (χ3n) is 3.70. The van der Waals surface area contributed by atoms with Crippen molar-refractivity contribution in [2.75, 3.05) is 13.1 Å². The first-order chi connectivity index (χ1) is 10.3. The molecular weight excluding hydrogens is 283 g/mol. The van der Waals surface area contributed by atoms with Crippen LogP contribution in [0.5, 0.6) is 0 Å². The molecule has 1 aromatic carbocycles. The average Bonchev–Trinajstić information content (AvgIpc) is 2.83. The molecule has 2 rings (SSSR count). The first kappa shape index (κ1) is 16.7. The van der Waals surface area contributed by atoms with E-state index in [0.29, 0.717) is 19.5 Å². The Balaban J connectivity index is 2.06. The van der Waals surface area contributed by atoms with Gasteiger partial charge in [0.15, 0.2) is 0 Å². The van der Waals surface area contributed by atoms with Crippen LogP contribution in [0, 0.1) is 5.92 Å². The zero-order valence-electron chi connectivity index (χ0n) is 13.4. The van der Waals surface area contributed by atoms with Gasteiger partial charge in [-0.05, 0) is 32.8 Å². The van der Waals surface area contributed by atoms with Crippen LogP contribution in [0.25, 0.3) is 0 Å². The second-order valence-electron chi connectivity index (χ2n) is 6.78. The van der Waals surface area contributed by atoms with Crippen LogP contribution in [0.15, 0.2) is 30.3 Å². The summed E-state index contributed by atoms with van der Waals surface area (Å²) in [5.74, 6) is -0.243. The maximum Gasteiger partial charge on any atom is 0.407 e. The van der Waals surface area contributed by atoms with E-state index in [9.17, 15) is 9.18 Å². The van der Waals surface area contributed by atoms with Crippen LogP contribution < -0.4 is 10.6 Å². The fourth-order valence-electron chi connectivity index (χ4n) is 2.70. The lowest BCUT2D eigenvalue weighted by molar-refractivity contribution is 0.0476. The first-order valence-electron chi connectivity index (χ1n) is 7.73. The normalized spacial score (nSPS) is 23.1. The van der Waals surface area contributed by atoms with Crippen LogP contribution in [-0.4, -0.2) is 37.0 Å². The van der Waals surface area contributed by atoms with Gasteiger partial charge in [0.1, 0.15) is 11.8 Å². The van der Waals surface area contributed by atoms with Crippen molar-refractivity contribution in [3.05, 3.63) is 35.9 Å². The molecule has 1 unspecified atom stereocenters. The molecule has 4 nitrogen and oxygen atoms in total. The topological polar surface area (TPSA) is 50.4 Å². The van der Waals surface area contributed by atoms with Crippen LogP contribution in [0.4, 0.5) is 9.18 Å². The number of rotatable bonds is 4. The molecule has 1 fully saturated rings. The van der Waals surface area contributed by atoms with Gasteiger partial charge in [-0.25, -0.2) is 9.18 Å². The molecule has 0 spiro atoms. The molecule has 0 saturated carbocycles. The number of alkyl carbamates (subject to hydrolysis) is 1. The van der Waals surface area contributed by atoms with E-state index in [1.807, 2.05) is 51.1 Å². The lowest BCUT2D eigenvalue weighted by atomic mass is 9.92. The molecule has 0 bridgehead atoms. The molecule has 1 saturated heterocycles. The van der Waals surface area contributed by atoms with Gasteiger partial charge in [0, 0.05) is 25.0 Å². The van der Waals surface area contributed by atoms with Crippen LogP contribution in [0.2, 0.25) is 0 Å². The largest absolute Gasteiger partial charge is 0.444 e. The van der Waals surface area contributed by atoms with Gasteiger partial charge in [-0.2, -0.15) is 0 Å². The summed E-state index contributed by atoms with van der Waals surface area (Å²) in [5.41, 5.74) is 0.507. The smallest absolute Gasteiger partial charge is 0.407 e. The van der Waals surface area contributed by atoms with Crippen molar-refractivity contribution in [2.24, 2.45) is 5.92 Å². The fourth-order valence-corrected chi connectivity index (χ4v) is 2.70. The molecule has 3 atom stereocenters. The third-order valence-corrected chi connectivity index (χ3v) is 3.70. The number of amides is 1. The highest BCUT2D eigenvalue weighted by molar-refractivity contribution is 5.68. The molecule has 0 radical (unpaired) electrons. The number of hydrogen-bond acceptors (Lipinski definition) is 3. The summed E-state index contributed by atoms with van der Waals surface area (Å²) in [5, 5.41) is 5.90. The molecule has 1 amide bonds. The van der Waals surface area contributed by atoms with Crippen molar-refractivity contribution in [2.45, 2.75) is 45.0 Å². The number of carbonyl (C=O) groups is 1. The van der Waals surface area contributed by atoms with Crippen molar-refractivity contribution in [1.29, 1.82) is 0 Å². The van der Waals surface area contributed by atoms with E-state index >= 15 is 0 Å². The van der Waals surface area contributed by atoms with Gasteiger partial charge in [-0.3, -0.25) is 0 Å². The van der Waals surface area contributed by atoms with E-state index in [0.717, 1.165) is 5.56 Å². The number of hydrogen-bond donors (Lipinski definition) is 2. The molecule has 5 heteroatoms. The van der Waals surface area contributed by atoms with Gasteiger partial charge in [0.2, 0.25) is 0 Å². The van der Waals surface area contributed by atoms with Crippen LogP contribution in [-0.2, 0) is 11.2 Å². The number of benzene rings is 1. The fraction of sp³-hybridized carbons (Fsp3) is 0.588. The molecule has 2 N–H and O–H groups in total. The zero-order chi connectivity index (χ0) is 16.2. The van der Waals surface area contributed by atoms with E-state index in [-0.39, 0.29) is 12.0 Å². The van der Waals surface area contributed by atoms with E-state index in [1.54, 1.807) is 0 Å². The summed E-state index contributed by atoms with van der Waals surface area (Å²) in [7, 11) is 0. The predicted molar refractivity (Wildman–Crippen MR) is 84.6 cm³/mol. The van der Waals surface area contributed by atoms with Crippen molar-refractivity contribution >= 4 is 6.09 Å². The Morgan fingerprint density at radius 3 is 2.59 bits per heavy atom. The summed E-state index contributed by atoms with van der Waals surface area (Å²) in [6.45, 7) is 6.34. The van der Waals surface area contributed by atoms with Crippen molar-refractivity contribution < 1.29 is 13.9 Å². The molecule has 0 aliphatic carbocycles. The summed E-state index contributed by atoms with van der Waals surface area (Å²) in [6.07, 6.45) is -0.858. The van der Waals surface area contributed by atoms with Gasteiger partial charge in [0.05, 0.1) is 0 Å². The Morgan fingerprint density at radius 1 is 1.36 bits per heavy atom. The average molecular weight is 308 g/mol. The Bertz CT molecular complexity index is 487. The molecule has 122 valence electrons. The number of nitrogens with one attached hydrogen (secondary N) is 2. The molecule has 1 heterocycles. The monoisotopic (exact) mass is 308 g/mol. The minimum Gasteiger partial charge on any atom is -0.444 e. The molecule has 1 aliphatic heterocycles. The lowest BCUT2D eigenvalue weighted by Gasteiger charge is -2.28. The van der Waals surface area contributed by atoms with Crippen LogP contribution in [0.3, 0.4) is 0 Å². The second kappa shape index (κ2) is 7.09. The van der Waals surface area contributed by atoms with E-state index in [4.69, 9.17) is 4.74 Å². The van der Waals surface area contributed by atoms with Gasteiger partial charge < -0.3 is 15.4 Å². The van der Waals surface area contributed by atoms with Crippen molar-refractivity contribution in [3.8, 4) is 0 Å². The Hall–Kier alpha value is -1.62. The summed E-state index contributed by atoms with van der Waals surface area (Å²) in [6, 6.07) is 9.51. The van der Waals surface area contributed by atoms with E-state index in [1.165, 1.54) is 0 Å². The minimum absolute atomic E-state index is 0.243. The molecule has 0 aromatic heterocycles. The summed E-state index contributed by atoms with van der Waals surface area (Å²) >= 11 is 0. The highest BCUT2D eigenvalue weighted by atomic mass is 19.1. The number of carbonyl (C=O) groups excluding carboxylic acids is 1. The lowest BCUT2D eigenvalue weighted by Crippen LogP contribution is -2.47. The standard InChI is InChI=1S/C17H25FN2O2/c1-17(2,3)22-16(21)20-15(13-10-19-11-14(13)18)9-12-7-5-4-6-8-12/h4-8,13-15,19H,9-11H2,1-3H3,(H,20,21)/t13-,14+,15?/m0/s1. The Labute approximate surface area is 131 Å². The maximum atomic E-state index is 14.1. The quantitative estimate of drug-likeness (QED) is 0.899. The Morgan fingerprint density at radius 2 is 2.05 bits per heavy atom. The first-order valence-corrected chi connectivity index (χ1v) is 7.73. The predicted octanol–water partition coefficient (Wildman–Crippen LogP) is 2.68. The van der Waals surface area contributed by atoms with Gasteiger partial charge >= 0.3 is 6.09 Å². The van der Waals surface area contributed by atoms with E-state index < -0.39 is 17.9 Å². The highest BCUT2D eigenvalue weighted by Crippen LogP contribution is 2.21. The second-order valence-corrected chi connectivity index (χ2v) is 6.78. The highest BCUT2D eigenvalue weighted by Gasteiger charge is 2.35. The van der Waals surface area contributed by atoms with Gasteiger partial charge in [-0.1, -0.05) is 30.3 Å². The molecular formula is C17H25FN2O2. The van der Waals surface area contributed by atoms with E-state index in [2.05, 4.69) is 10.6 Å². The van der Waals surface area contributed by atoms with Gasteiger partial charge in [0.25, 0.3) is 0 Å². The molecule has 1 aromatic rings. The molecule has 22 heavy (non-hydrogen) atoms. The third kappa shape index (κ3) is 4.98. The van der Waals surface area contributed by atoms with Gasteiger partial charge in [-0.15, -0.1) is 0 Å². The summed E-state index contributed by atoms with van der Waals surface area (Å²) in [4.78, 5) is 12.0. The summed E-state index contributed by atoms with van der Waals surface area (Å²) < 4.78 is 19.4. The van der Waals surface area contributed by atoms with Crippen molar-refractivity contribution in [3.63, 3.8) is 0 Å². The number of ether oxygens (including phenoxy) is 1.